The summed E-state index contributed by atoms with van der Waals surface area (Å²) in [5.41, 5.74) is 1.17. The van der Waals surface area contributed by atoms with Gasteiger partial charge in [-0.1, -0.05) is 28.4 Å². The summed E-state index contributed by atoms with van der Waals surface area (Å²) in [5, 5.41) is 13.5. The number of rotatable bonds is 2. The molecule has 1 aromatic carbocycles. The predicted octanol–water partition coefficient (Wildman–Crippen LogP) is 3.14. The van der Waals surface area contributed by atoms with Gasteiger partial charge in [0.25, 0.3) is 0 Å². The van der Waals surface area contributed by atoms with E-state index in [9.17, 15) is 0 Å². The largest absolute Gasteiger partial charge is 0.390 e. The third-order valence-electron chi connectivity index (χ3n) is 1.92. The van der Waals surface area contributed by atoms with Crippen LogP contribution >= 0.6 is 23.2 Å². The van der Waals surface area contributed by atoms with Gasteiger partial charge in [0.05, 0.1) is 11.6 Å². The van der Waals surface area contributed by atoms with Crippen LogP contribution in [0.3, 0.4) is 0 Å². The third-order valence-corrected chi connectivity index (χ3v) is 2.47. The minimum absolute atomic E-state index is 0.158. The molecule has 1 heterocycles. The monoisotopic (exact) mass is 243 g/mol. The molecule has 0 aliphatic rings. The van der Waals surface area contributed by atoms with Crippen LogP contribution in [0.5, 0.6) is 0 Å². The summed E-state index contributed by atoms with van der Waals surface area (Å²) in [4.78, 5) is 0. The first-order valence-electron chi connectivity index (χ1n) is 4.22. The lowest BCUT2D eigenvalue weighted by Crippen LogP contribution is -1.79. The van der Waals surface area contributed by atoms with Gasteiger partial charge in [-0.2, -0.15) is 0 Å². The highest BCUT2D eigenvalue weighted by atomic mass is 35.5. The minimum Gasteiger partial charge on any atom is -0.390 e. The molecule has 0 fully saturated rings. The zero-order valence-corrected chi connectivity index (χ0v) is 9.09. The topological polar surface area (TPSA) is 46.3 Å². The number of hydrogen-bond acceptors (Lipinski definition) is 3. The van der Waals surface area contributed by atoms with Crippen LogP contribution in [0.2, 0.25) is 10.0 Å². The van der Waals surface area contributed by atoms with E-state index in [-0.39, 0.29) is 6.61 Å². The Morgan fingerprint density at radius 1 is 1.27 bits per heavy atom. The maximum Gasteiger partial charge on any atom is 0.168 e. The molecular formula is C10H7Cl2NO2. The normalized spacial score (nSPS) is 10.6. The summed E-state index contributed by atoms with van der Waals surface area (Å²) in [7, 11) is 0. The summed E-state index contributed by atoms with van der Waals surface area (Å²) < 4.78 is 5.02. The fourth-order valence-electron chi connectivity index (χ4n) is 1.20. The van der Waals surface area contributed by atoms with Crippen LogP contribution in [0, 0.1) is 0 Å². The zero-order chi connectivity index (χ0) is 10.8. The van der Waals surface area contributed by atoms with E-state index < -0.39 is 0 Å². The molecule has 1 N–H and O–H groups in total. The van der Waals surface area contributed by atoms with Gasteiger partial charge in [0.1, 0.15) is 5.69 Å². The molecule has 0 unspecified atom stereocenters. The summed E-state index contributed by atoms with van der Waals surface area (Å²) in [6, 6.07) is 6.71. The van der Waals surface area contributed by atoms with Crippen LogP contribution in [-0.4, -0.2) is 10.3 Å². The molecule has 0 spiro atoms. The minimum atomic E-state index is -0.158. The first kappa shape index (κ1) is 10.5. The zero-order valence-electron chi connectivity index (χ0n) is 7.58. The van der Waals surface area contributed by atoms with Crippen molar-refractivity contribution in [3.8, 4) is 11.3 Å². The van der Waals surface area contributed by atoms with E-state index in [1.54, 1.807) is 24.3 Å². The van der Waals surface area contributed by atoms with Gasteiger partial charge >= 0.3 is 0 Å². The molecule has 0 radical (unpaired) electrons. The van der Waals surface area contributed by atoms with Crippen molar-refractivity contribution in [3.63, 3.8) is 0 Å². The number of benzene rings is 1. The van der Waals surface area contributed by atoms with E-state index in [2.05, 4.69) is 5.16 Å². The molecule has 0 atom stereocenters. The molecule has 1 aromatic heterocycles. The summed E-state index contributed by atoms with van der Waals surface area (Å²) in [5.74, 6) is 0.515. The average molecular weight is 244 g/mol. The first-order valence-corrected chi connectivity index (χ1v) is 4.98. The molecule has 0 saturated heterocycles. The summed E-state index contributed by atoms with van der Waals surface area (Å²) >= 11 is 11.7. The van der Waals surface area contributed by atoms with Gasteiger partial charge < -0.3 is 9.63 Å². The van der Waals surface area contributed by atoms with Crippen LogP contribution in [-0.2, 0) is 6.61 Å². The number of hydrogen-bond donors (Lipinski definition) is 1. The Hall–Kier alpha value is -1.03. The molecule has 3 nitrogen and oxygen atoms in total. The fourth-order valence-corrected chi connectivity index (χ4v) is 1.70. The predicted molar refractivity (Wildman–Crippen MR) is 57.9 cm³/mol. The lowest BCUT2D eigenvalue weighted by atomic mass is 10.1. The van der Waals surface area contributed by atoms with Gasteiger partial charge in [0.15, 0.2) is 5.76 Å². The van der Waals surface area contributed by atoms with E-state index in [0.717, 1.165) is 0 Å². The molecule has 0 saturated carbocycles. The highest BCUT2D eigenvalue weighted by molar-refractivity contribution is 6.36. The Kier molecular flexibility index (Phi) is 2.95. The van der Waals surface area contributed by atoms with Crippen molar-refractivity contribution in [1.29, 1.82) is 0 Å². The lowest BCUT2D eigenvalue weighted by Gasteiger charge is -1.99. The second kappa shape index (κ2) is 4.23. The van der Waals surface area contributed by atoms with E-state index >= 15 is 0 Å². The summed E-state index contributed by atoms with van der Waals surface area (Å²) in [6.07, 6.45) is 0. The second-order valence-electron chi connectivity index (χ2n) is 2.96. The molecule has 2 aromatic rings. The number of aromatic nitrogens is 1. The quantitative estimate of drug-likeness (QED) is 0.882. The van der Waals surface area contributed by atoms with Crippen molar-refractivity contribution in [1.82, 2.24) is 5.16 Å². The van der Waals surface area contributed by atoms with Crippen molar-refractivity contribution >= 4 is 23.2 Å². The molecule has 5 heteroatoms. The Labute approximate surface area is 96.2 Å². The Balaban J connectivity index is 2.44. The maximum atomic E-state index is 8.83. The van der Waals surface area contributed by atoms with Crippen molar-refractivity contribution in [2.75, 3.05) is 0 Å². The Morgan fingerprint density at radius 3 is 2.67 bits per heavy atom. The van der Waals surface area contributed by atoms with Gasteiger partial charge in [0.2, 0.25) is 0 Å². The average Bonchev–Trinajstić information content (AvgIpc) is 2.66. The lowest BCUT2D eigenvalue weighted by molar-refractivity contribution is 0.267. The molecule has 2 rings (SSSR count). The van der Waals surface area contributed by atoms with Gasteiger partial charge in [-0.15, -0.1) is 0 Å². The molecule has 0 amide bonds. The second-order valence-corrected chi connectivity index (χ2v) is 3.81. The van der Waals surface area contributed by atoms with Crippen molar-refractivity contribution in [2.45, 2.75) is 6.61 Å². The molecule has 0 bridgehead atoms. The van der Waals surface area contributed by atoms with Gasteiger partial charge in [-0.05, 0) is 18.2 Å². The highest BCUT2D eigenvalue weighted by Gasteiger charge is 2.09. The molecule has 0 aliphatic heterocycles. The highest BCUT2D eigenvalue weighted by Crippen LogP contribution is 2.30. The summed E-state index contributed by atoms with van der Waals surface area (Å²) in [6.45, 7) is -0.158. The number of aliphatic hydroxyl groups excluding tert-OH is 1. The van der Waals surface area contributed by atoms with Crippen LogP contribution in [0.25, 0.3) is 11.3 Å². The van der Waals surface area contributed by atoms with Gasteiger partial charge in [-0.3, -0.25) is 0 Å². The van der Waals surface area contributed by atoms with E-state index in [1.807, 2.05) is 0 Å². The molecule has 0 aliphatic carbocycles. The van der Waals surface area contributed by atoms with Crippen molar-refractivity contribution in [3.05, 3.63) is 40.0 Å². The molecule has 78 valence electrons. The van der Waals surface area contributed by atoms with Gasteiger partial charge in [0, 0.05) is 16.7 Å². The van der Waals surface area contributed by atoms with Crippen LogP contribution < -0.4 is 0 Å². The standard InChI is InChI=1S/C10H7Cl2NO2/c11-6-1-2-8(9(12)3-6)10-4-7(5-14)13-15-10/h1-4,14H,5H2. The SMILES string of the molecule is OCc1cc(-c2ccc(Cl)cc2Cl)on1. The van der Waals surface area contributed by atoms with Crippen molar-refractivity contribution in [2.24, 2.45) is 0 Å². The van der Waals surface area contributed by atoms with E-state index in [0.29, 0.717) is 27.1 Å². The Bertz CT molecular complexity index is 482. The van der Waals surface area contributed by atoms with Crippen LogP contribution in [0.4, 0.5) is 0 Å². The van der Waals surface area contributed by atoms with Crippen molar-refractivity contribution < 1.29 is 9.63 Å². The van der Waals surface area contributed by atoms with E-state index in [1.165, 1.54) is 0 Å². The number of halogens is 2. The molecule has 15 heavy (non-hydrogen) atoms. The van der Waals surface area contributed by atoms with Gasteiger partial charge in [-0.25, -0.2) is 0 Å². The smallest absolute Gasteiger partial charge is 0.168 e. The fraction of sp³-hybridized carbons (Fsp3) is 0.100. The maximum absolute atomic E-state index is 8.83. The van der Waals surface area contributed by atoms with Crippen LogP contribution in [0.1, 0.15) is 5.69 Å². The number of nitrogens with zero attached hydrogens (tertiary/aromatic N) is 1. The molecular weight excluding hydrogens is 237 g/mol. The number of aliphatic hydroxyl groups is 1. The van der Waals surface area contributed by atoms with E-state index in [4.69, 9.17) is 32.8 Å². The third kappa shape index (κ3) is 2.15. The van der Waals surface area contributed by atoms with Crippen LogP contribution in [0.15, 0.2) is 28.8 Å². The Morgan fingerprint density at radius 2 is 2.07 bits per heavy atom. The first-order chi connectivity index (χ1) is 7.20.